The van der Waals surface area contributed by atoms with Crippen LogP contribution >= 0.6 is 0 Å². The molecule has 0 bridgehead atoms. The van der Waals surface area contributed by atoms with Crippen LogP contribution in [0.3, 0.4) is 0 Å². The molecule has 0 atom stereocenters. The van der Waals surface area contributed by atoms with Crippen molar-refractivity contribution in [2.24, 2.45) is 0 Å². The zero-order chi connectivity index (χ0) is 6.28. The molecule has 4 nitrogen and oxygen atoms in total. The van der Waals surface area contributed by atoms with Gasteiger partial charge < -0.3 is 12.5 Å². The first-order valence-electron chi connectivity index (χ1n) is 1.69. The van der Waals surface area contributed by atoms with E-state index in [1.165, 1.54) is 14.2 Å². The largest absolute Gasteiger partial charge is 0.400 e. The number of aliphatic hydroxyl groups is 1. The minimum absolute atomic E-state index is 0. The van der Waals surface area contributed by atoms with Crippen LogP contribution in [0.25, 0.3) is 0 Å². The third-order valence-electron chi connectivity index (χ3n) is 0.264. The smallest absolute Gasteiger partial charge is 0.0601 e. The summed E-state index contributed by atoms with van der Waals surface area (Å²) in [5, 5.41) is 15.6. The average Bonchev–Trinajstić information content (AvgIpc) is 1.73. The fourth-order valence-electron chi connectivity index (χ4n) is 0. The maximum absolute atomic E-state index is 7.97. The molecule has 0 radical (unpaired) electrons. The second kappa shape index (κ2) is 23.1. The van der Waals surface area contributed by atoms with Gasteiger partial charge in [0.2, 0.25) is 0 Å². The van der Waals surface area contributed by atoms with Gasteiger partial charge in [0, 0.05) is 45.3 Å². The Morgan fingerprint density at radius 1 is 1.33 bits per heavy atom. The molecular weight excluding hydrogens is 348 g/mol. The first kappa shape index (κ1) is 22.5. The maximum atomic E-state index is 7.97. The maximum Gasteiger partial charge on any atom is 0.0601 e. The molecule has 0 aromatic carbocycles. The van der Waals surface area contributed by atoms with E-state index in [9.17, 15) is 0 Å². The van der Waals surface area contributed by atoms with Crippen molar-refractivity contribution in [3.05, 3.63) is 7.43 Å². The van der Waals surface area contributed by atoms with Crippen LogP contribution in [0.1, 0.15) is 0 Å². The van der Waals surface area contributed by atoms with Gasteiger partial charge in [0.25, 0.3) is 0 Å². The Morgan fingerprint density at radius 3 is 1.44 bits per heavy atom. The molecule has 2 N–H and O–H groups in total. The van der Waals surface area contributed by atoms with Gasteiger partial charge in [-0.15, -0.1) is 0 Å². The number of hydroxylamine groups is 2. The Morgan fingerprint density at radius 2 is 1.44 bits per heavy atom. The van der Waals surface area contributed by atoms with Crippen LogP contribution < -0.4 is 0 Å². The molecule has 0 amide bonds. The van der Waals surface area contributed by atoms with Crippen LogP contribution in [-0.2, 0) is 4.84 Å². The van der Waals surface area contributed by atoms with Crippen molar-refractivity contribution in [2.45, 2.75) is 0 Å². The van der Waals surface area contributed by atoms with Crippen molar-refractivity contribution in [1.82, 2.24) is 5.23 Å². The summed E-state index contributed by atoms with van der Waals surface area (Å²) in [5.41, 5.74) is 0. The summed E-state index contributed by atoms with van der Waals surface area (Å²) in [4.78, 5) is 4.14. The van der Waals surface area contributed by atoms with Crippen LogP contribution in [0.5, 0.6) is 0 Å². The molecule has 0 spiro atoms. The number of hydrogen-bond donors (Lipinski definition) is 2. The van der Waals surface area contributed by atoms with Gasteiger partial charge in [-0.3, -0.25) is 10.0 Å². The molecule has 0 rings (SSSR count). The van der Waals surface area contributed by atoms with Gasteiger partial charge in [0.15, 0.2) is 0 Å². The summed E-state index contributed by atoms with van der Waals surface area (Å²) in [7, 11) is 3.76. The second-order valence-corrected chi connectivity index (χ2v) is 0.647. The zero-order valence-electron chi connectivity index (χ0n) is 6.25. The van der Waals surface area contributed by atoms with Crippen LogP contribution in [0, 0.1) is 38.5 Å². The predicted octanol–water partition coefficient (Wildman–Crippen LogP) is -0.0724. The molecule has 0 unspecified atom stereocenters. The van der Waals surface area contributed by atoms with Gasteiger partial charge >= 0.3 is 0 Å². The fraction of sp³-hybridized carbons (Fsp3) is 0.750. The van der Waals surface area contributed by atoms with Crippen molar-refractivity contribution in [3.8, 4) is 0 Å². The quantitative estimate of drug-likeness (QED) is 0.507. The molecule has 0 aliphatic carbocycles. The number of hydrogen-bond acceptors (Lipinski definition) is 4. The van der Waals surface area contributed by atoms with Crippen LogP contribution in [0.4, 0.5) is 0 Å². The van der Waals surface area contributed by atoms with Crippen molar-refractivity contribution < 1.29 is 46.3 Å². The van der Waals surface area contributed by atoms with E-state index < -0.39 is 0 Å². The Balaban J connectivity index is -0.0000000286. The standard InChI is InChI=1S/C2H7NO2.CH4O.CH3.U/c1-3(4)5-2;1-2;;/h4H,1-2H3;2H,1H3;1H3;/q;;-1;. The van der Waals surface area contributed by atoms with Crippen LogP contribution in [0.15, 0.2) is 0 Å². The van der Waals surface area contributed by atoms with Crippen LogP contribution in [0.2, 0.25) is 0 Å². The Labute approximate surface area is 80.1 Å². The summed E-state index contributed by atoms with van der Waals surface area (Å²) in [6.07, 6.45) is 0. The van der Waals surface area contributed by atoms with Crippen molar-refractivity contribution in [3.63, 3.8) is 0 Å². The van der Waals surface area contributed by atoms with E-state index in [0.717, 1.165) is 7.11 Å². The SMILES string of the molecule is CO.CON(C)O.[CH3-].[U]. The molecule has 0 aliphatic heterocycles. The molecule has 0 aliphatic rings. The van der Waals surface area contributed by atoms with E-state index in [1.807, 2.05) is 0 Å². The Bertz CT molecular complexity index is 29.8. The summed E-state index contributed by atoms with van der Waals surface area (Å²) in [6.45, 7) is 0. The Hall–Kier alpha value is 0.892. The summed E-state index contributed by atoms with van der Waals surface area (Å²) >= 11 is 0. The summed E-state index contributed by atoms with van der Waals surface area (Å²) < 4.78 is 0. The molecule has 0 aromatic rings. The molecule has 0 saturated carbocycles. The van der Waals surface area contributed by atoms with Crippen LogP contribution in [-0.4, -0.2) is 36.8 Å². The third kappa shape index (κ3) is 50.5. The monoisotopic (exact) mass is 362 g/mol. The zero-order valence-corrected chi connectivity index (χ0v) is 10.4. The van der Waals surface area contributed by atoms with E-state index >= 15 is 0 Å². The van der Waals surface area contributed by atoms with E-state index in [1.54, 1.807) is 0 Å². The second-order valence-electron chi connectivity index (χ2n) is 0.647. The normalized spacial score (nSPS) is 6.00. The number of aliphatic hydroxyl groups excluding tert-OH is 1. The predicted molar refractivity (Wildman–Crippen MR) is 31.1 cm³/mol. The summed E-state index contributed by atoms with van der Waals surface area (Å²) in [5.74, 6) is 0. The van der Waals surface area contributed by atoms with Gasteiger partial charge in [-0.2, -0.15) is 0 Å². The first-order chi connectivity index (χ1) is 3.27. The van der Waals surface area contributed by atoms with E-state index in [2.05, 4.69) is 4.84 Å². The first-order valence-corrected chi connectivity index (χ1v) is 1.69. The van der Waals surface area contributed by atoms with Gasteiger partial charge in [-0.25, -0.2) is 0 Å². The molecule has 5 heteroatoms. The number of nitrogens with zero attached hydrogens (tertiary/aromatic N) is 1. The third-order valence-corrected chi connectivity index (χ3v) is 0.264. The van der Waals surface area contributed by atoms with Gasteiger partial charge in [0.1, 0.15) is 0 Å². The topological polar surface area (TPSA) is 52.9 Å². The van der Waals surface area contributed by atoms with Gasteiger partial charge in [-0.05, 0) is 0 Å². The Kier molecular flexibility index (Phi) is 57.9. The molecule has 0 aromatic heterocycles. The summed E-state index contributed by atoms with van der Waals surface area (Å²) in [6, 6.07) is 0. The van der Waals surface area contributed by atoms with E-state index in [-0.39, 0.29) is 38.5 Å². The van der Waals surface area contributed by atoms with Crippen molar-refractivity contribution in [1.29, 1.82) is 0 Å². The average molecular weight is 362 g/mol. The van der Waals surface area contributed by atoms with E-state index in [4.69, 9.17) is 10.3 Å². The number of rotatable bonds is 1. The van der Waals surface area contributed by atoms with Gasteiger partial charge in [0.05, 0.1) is 7.11 Å². The molecule has 0 heterocycles. The molecule has 58 valence electrons. The molecule has 0 fully saturated rings. The molecular formula is C4H14NO3U-. The fourth-order valence-corrected chi connectivity index (χ4v) is 0. The molecule has 0 saturated heterocycles. The van der Waals surface area contributed by atoms with Gasteiger partial charge in [-0.1, -0.05) is 5.23 Å². The minimum Gasteiger partial charge on any atom is -0.400 e. The molecule has 9 heavy (non-hydrogen) atoms. The van der Waals surface area contributed by atoms with Crippen molar-refractivity contribution in [2.75, 3.05) is 21.3 Å². The minimum atomic E-state index is 0. The van der Waals surface area contributed by atoms with Crippen molar-refractivity contribution >= 4 is 0 Å². The van der Waals surface area contributed by atoms with E-state index in [0.29, 0.717) is 5.23 Å².